The van der Waals surface area contributed by atoms with E-state index in [1.54, 1.807) is 6.08 Å². The van der Waals surface area contributed by atoms with Crippen LogP contribution in [0.15, 0.2) is 29.2 Å². The lowest BCUT2D eigenvalue weighted by atomic mass is 10.1. The van der Waals surface area contributed by atoms with Crippen LogP contribution in [0, 0.1) is 0 Å². The molecule has 124 valence electrons. The summed E-state index contributed by atoms with van der Waals surface area (Å²) in [4.78, 5) is 28.6. The van der Waals surface area contributed by atoms with Crippen molar-refractivity contribution < 1.29 is 9.59 Å². The maximum atomic E-state index is 12.4. The van der Waals surface area contributed by atoms with Crippen molar-refractivity contribution in [1.29, 1.82) is 0 Å². The number of carbonyl (C=O) groups excluding carboxylic acids is 2. The highest BCUT2D eigenvalue weighted by molar-refractivity contribution is 8.18. The van der Waals surface area contributed by atoms with Gasteiger partial charge in [0.15, 0.2) is 0 Å². The molecule has 1 aliphatic heterocycles. The minimum absolute atomic E-state index is 0.0570. The van der Waals surface area contributed by atoms with Gasteiger partial charge in [-0.2, -0.15) is 0 Å². The van der Waals surface area contributed by atoms with Gasteiger partial charge in [0.25, 0.3) is 11.1 Å². The first-order valence-electron chi connectivity index (χ1n) is 8.13. The summed E-state index contributed by atoms with van der Waals surface area (Å²) in [5.41, 5.74) is 2.11. The van der Waals surface area contributed by atoms with Gasteiger partial charge in [-0.25, -0.2) is 0 Å². The standard InChI is InChI=1S/C18H24N2O2S/c1-5-13(4)20-17(21)16(23-18(20)22)12-14-8-10-15(11-9-14)19(6-2)7-3/h8-13H,5-7H2,1-4H3. The molecule has 1 atom stereocenters. The van der Waals surface area contributed by atoms with E-state index in [0.717, 1.165) is 36.8 Å². The predicted octanol–water partition coefficient (Wildman–Crippen LogP) is 4.37. The van der Waals surface area contributed by atoms with Crippen LogP contribution in [0.4, 0.5) is 10.5 Å². The summed E-state index contributed by atoms with van der Waals surface area (Å²) in [5.74, 6) is -0.179. The van der Waals surface area contributed by atoms with E-state index in [-0.39, 0.29) is 17.2 Å². The van der Waals surface area contributed by atoms with Crippen LogP contribution in [-0.4, -0.2) is 35.2 Å². The normalized spacial score (nSPS) is 17.9. The van der Waals surface area contributed by atoms with Crippen molar-refractivity contribution in [2.45, 2.75) is 40.2 Å². The van der Waals surface area contributed by atoms with Gasteiger partial charge in [-0.05, 0) is 62.7 Å². The van der Waals surface area contributed by atoms with Crippen molar-refractivity contribution >= 4 is 34.7 Å². The molecule has 1 aromatic carbocycles. The molecule has 23 heavy (non-hydrogen) atoms. The number of amides is 2. The highest BCUT2D eigenvalue weighted by Crippen LogP contribution is 2.34. The van der Waals surface area contributed by atoms with E-state index in [1.807, 2.05) is 26.0 Å². The molecule has 0 spiro atoms. The molecule has 0 radical (unpaired) electrons. The zero-order valence-electron chi connectivity index (χ0n) is 14.2. The zero-order valence-corrected chi connectivity index (χ0v) is 15.0. The fourth-order valence-corrected chi connectivity index (χ4v) is 3.49. The molecular weight excluding hydrogens is 308 g/mol. The number of nitrogens with zero attached hydrogens (tertiary/aromatic N) is 2. The second kappa shape index (κ2) is 7.68. The number of imide groups is 1. The number of hydrogen-bond donors (Lipinski definition) is 0. The molecule has 1 fully saturated rings. The van der Waals surface area contributed by atoms with Gasteiger partial charge in [-0.3, -0.25) is 14.5 Å². The Hall–Kier alpha value is -1.75. The van der Waals surface area contributed by atoms with E-state index < -0.39 is 0 Å². The molecule has 0 N–H and O–H groups in total. The SMILES string of the molecule is CCC(C)N1C(=O)SC(=Cc2ccc(N(CC)CC)cc2)C1=O. The Morgan fingerprint density at radius 2 is 1.74 bits per heavy atom. The van der Waals surface area contributed by atoms with Crippen molar-refractivity contribution in [3.63, 3.8) is 0 Å². The number of hydrogen-bond acceptors (Lipinski definition) is 4. The van der Waals surface area contributed by atoms with Crippen LogP contribution < -0.4 is 4.90 Å². The van der Waals surface area contributed by atoms with Gasteiger partial charge in [0.1, 0.15) is 0 Å². The van der Waals surface area contributed by atoms with E-state index in [1.165, 1.54) is 10.6 Å². The molecule has 2 amide bonds. The summed E-state index contributed by atoms with van der Waals surface area (Å²) < 4.78 is 0. The minimum atomic E-state index is -0.179. The molecule has 1 heterocycles. The van der Waals surface area contributed by atoms with Crippen LogP contribution in [0.2, 0.25) is 0 Å². The number of carbonyl (C=O) groups is 2. The van der Waals surface area contributed by atoms with Gasteiger partial charge in [-0.1, -0.05) is 19.1 Å². The van der Waals surface area contributed by atoms with Crippen LogP contribution in [0.5, 0.6) is 0 Å². The molecule has 1 saturated heterocycles. The highest BCUT2D eigenvalue weighted by Gasteiger charge is 2.37. The van der Waals surface area contributed by atoms with Crippen molar-refractivity contribution in [1.82, 2.24) is 4.90 Å². The fourth-order valence-electron chi connectivity index (χ4n) is 2.56. The Kier molecular flexibility index (Phi) is 5.88. The van der Waals surface area contributed by atoms with Crippen molar-refractivity contribution in [3.8, 4) is 0 Å². The first kappa shape index (κ1) is 17.6. The zero-order chi connectivity index (χ0) is 17.0. The van der Waals surface area contributed by atoms with Gasteiger partial charge >= 0.3 is 0 Å². The molecule has 0 saturated carbocycles. The largest absolute Gasteiger partial charge is 0.372 e. The number of anilines is 1. The Bertz CT molecular complexity index is 606. The van der Waals surface area contributed by atoms with E-state index in [2.05, 4.69) is 30.9 Å². The molecule has 2 rings (SSSR count). The quantitative estimate of drug-likeness (QED) is 0.725. The van der Waals surface area contributed by atoms with Gasteiger partial charge in [-0.15, -0.1) is 0 Å². The minimum Gasteiger partial charge on any atom is -0.372 e. The van der Waals surface area contributed by atoms with Crippen LogP contribution in [0.25, 0.3) is 6.08 Å². The monoisotopic (exact) mass is 332 g/mol. The Balaban J connectivity index is 2.19. The van der Waals surface area contributed by atoms with Gasteiger partial charge in [0.2, 0.25) is 0 Å². The first-order valence-corrected chi connectivity index (χ1v) is 8.95. The second-order valence-electron chi connectivity index (χ2n) is 5.57. The molecule has 1 aromatic rings. The van der Waals surface area contributed by atoms with E-state index in [0.29, 0.717) is 4.91 Å². The number of benzene rings is 1. The Labute approximate surface area is 142 Å². The second-order valence-corrected chi connectivity index (χ2v) is 6.57. The summed E-state index contributed by atoms with van der Waals surface area (Å²) in [5, 5.41) is -0.171. The predicted molar refractivity (Wildman–Crippen MR) is 97.6 cm³/mol. The summed E-state index contributed by atoms with van der Waals surface area (Å²) in [7, 11) is 0. The lowest BCUT2D eigenvalue weighted by Crippen LogP contribution is -2.36. The Morgan fingerprint density at radius 1 is 1.13 bits per heavy atom. The maximum absolute atomic E-state index is 12.4. The average molecular weight is 332 g/mol. The van der Waals surface area contributed by atoms with Gasteiger partial charge in [0, 0.05) is 24.8 Å². The number of thioether (sulfide) groups is 1. The first-order chi connectivity index (χ1) is 11.0. The molecule has 1 aliphatic rings. The maximum Gasteiger partial charge on any atom is 0.293 e. The summed E-state index contributed by atoms with van der Waals surface area (Å²) in [6, 6.07) is 8.03. The van der Waals surface area contributed by atoms with Gasteiger partial charge in [0.05, 0.1) is 4.91 Å². The topological polar surface area (TPSA) is 40.6 Å². The van der Waals surface area contributed by atoms with Gasteiger partial charge < -0.3 is 4.90 Å². The van der Waals surface area contributed by atoms with Crippen LogP contribution in [0.1, 0.15) is 39.7 Å². The smallest absolute Gasteiger partial charge is 0.293 e. The molecule has 0 aromatic heterocycles. The third-order valence-corrected chi connectivity index (χ3v) is 5.06. The van der Waals surface area contributed by atoms with E-state index in [4.69, 9.17) is 0 Å². The summed E-state index contributed by atoms with van der Waals surface area (Å²) in [6.45, 7) is 10.1. The van der Waals surface area contributed by atoms with Crippen molar-refractivity contribution in [2.75, 3.05) is 18.0 Å². The van der Waals surface area contributed by atoms with E-state index >= 15 is 0 Å². The average Bonchev–Trinajstić information content (AvgIpc) is 2.83. The molecular formula is C18H24N2O2S. The summed E-state index contributed by atoms with van der Waals surface area (Å²) >= 11 is 1.03. The third-order valence-electron chi connectivity index (χ3n) is 4.17. The molecule has 1 unspecified atom stereocenters. The van der Waals surface area contributed by atoms with Crippen LogP contribution in [-0.2, 0) is 4.79 Å². The molecule has 0 bridgehead atoms. The number of rotatable bonds is 6. The van der Waals surface area contributed by atoms with E-state index in [9.17, 15) is 9.59 Å². The molecule has 0 aliphatic carbocycles. The Morgan fingerprint density at radius 3 is 2.26 bits per heavy atom. The molecule has 4 nitrogen and oxygen atoms in total. The highest BCUT2D eigenvalue weighted by atomic mass is 32.2. The fraction of sp³-hybridized carbons (Fsp3) is 0.444. The third kappa shape index (κ3) is 3.78. The van der Waals surface area contributed by atoms with Crippen LogP contribution >= 0.6 is 11.8 Å². The molecule has 5 heteroatoms. The summed E-state index contributed by atoms with van der Waals surface area (Å²) in [6.07, 6.45) is 2.57. The lowest BCUT2D eigenvalue weighted by Gasteiger charge is -2.21. The lowest BCUT2D eigenvalue weighted by molar-refractivity contribution is -0.124. The van der Waals surface area contributed by atoms with Crippen molar-refractivity contribution in [2.24, 2.45) is 0 Å². The van der Waals surface area contributed by atoms with Crippen LogP contribution in [0.3, 0.4) is 0 Å². The van der Waals surface area contributed by atoms with Crippen molar-refractivity contribution in [3.05, 3.63) is 34.7 Å².